The van der Waals surface area contributed by atoms with Crippen LogP contribution in [0.3, 0.4) is 0 Å². The number of ketones is 1. The van der Waals surface area contributed by atoms with Crippen LogP contribution in [-0.4, -0.2) is 27.6 Å². The molecule has 3 nitrogen and oxygen atoms in total. The molecule has 0 aliphatic heterocycles. The number of esters is 1. The molecule has 122 valence electrons. The maximum Gasteiger partial charge on any atom is 0.302 e. The molecular formula is C17H22BrClO3. The first-order valence-electron chi connectivity index (χ1n) is 7.37. The first kappa shape index (κ1) is 17.7. The monoisotopic (exact) mass is 388 g/mol. The second kappa shape index (κ2) is 5.48. The molecule has 0 saturated heterocycles. The number of alkyl halides is 2. The summed E-state index contributed by atoms with van der Waals surface area (Å²) in [5.74, 6) is -0.468. The Labute approximate surface area is 145 Å². The number of hydrogen-bond acceptors (Lipinski definition) is 3. The van der Waals surface area contributed by atoms with Gasteiger partial charge in [-0.1, -0.05) is 42.4 Å². The molecule has 5 heteroatoms. The molecule has 0 aromatic heterocycles. The number of halogens is 2. The van der Waals surface area contributed by atoms with Crippen LogP contribution in [0.4, 0.5) is 0 Å². The van der Waals surface area contributed by atoms with Crippen LogP contribution >= 0.6 is 27.5 Å². The average molecular weight is 390 g/mol. The number of hydrogen-bond donors (Lipinski definition) is 0. The molecule has 1 fully saturated rings. The van der Waals surface area contributed by atoms with Gasteiger partial charge in [0.05, 0.1) is 4.87 Å². The average Bonchev–Trinajstić information content (AvgIpc) is 2.36. The molecule has 1 unspecified atom stereocenters. The second-order valence-electron chi connectivity index (χ2n) is 7.12. The molecule has 0 heterocycles. The quantitative estimate of drug-likeness (QED) is 0.384. The second-order valence-corrected chi connectivity index (χ2v) is 9.09. The summed E-state index contributed by atoms with van der Waals surface area (Å²) in [7, 11) is 0. The first-order chi connectivity index (χ1) is 9.94. The summed E-state index contributed by atoms with van der Waals surface area (Å²) in [5.41, 5.74) is -0.507. The highest BCUT2D eigenvalue weighted by Crippen LogP contribution is 2.61. The van der Waals surface area contributed by atoms with Gasteiger partial charge >= 0.3 is 5.97 Å². The van der Waals surface area contributed by atoms with E-state index >= 15 is 0 Å². The molecule has 0 amide bonds. The van der Waals surface area contributed by atoms with Crippen molar-refractivity contribution in [3.8, 4) is 0 Å². The fourth-order valence-electron chi connectivity index (χ4n) is 3.77. The zero-order valence-corrected chi connectivity index (χ0v) is 15.8. The summed E-state index contributed by atoms with van der Waals surface area (Å²) in [6, 6.07) is 0. The van der Waals surface area contributed by atoms with Gasteiger partial charge in [0.25, 0.3) is 0 Å². The van der Waals surface area contributed by atoms with Crippen LogP contribution in [0.25, 0.3) is 0 Å². The van der Waals surface area contributed by atoms with Gasteiger partial charge in [-0.25, -0.2) is 0 Å². The van der Waals surface area contributed by atoms with Crippen LogP contribution in [0.15, 0.2) is 24.3 Å². The lowest BCUT2D eigenvalue weighted by molar-refractivity contribution is -0.162. The van der Waals surface area contributed by atoms with Gasteiger partial charge in [0, 0.05) is 29.2 Å². The minimum Gasteiger partial charge on any atom is -0.462 e. The summed E-state index contributed by atoms with van der Waals surface area (Å²) < 4.78 is 5.63. The Morgan fingerprint density at radius 2 is 2.00 bits per heavy atom. The van der Waals surface area contributed by atoms with E-state index in [2.05, 4.69) is 22.5 Å². The summed E-state index contributed by atoms with van der Waals surface area (Å²) in [5, 5.41) is 0. The van der Waals surface area contributed by atoms with Crippen molar-refractivity contribution >= 4 is 39.3 Å². The molecule has 0 radical (unpaired) electrons. The van der Waals surface area contributed by atoms with Crippen LogP contribution in [0, 0.1) is 10.8 Å². The normalized spacial score (nSPS) is 40.8. The highest BCUT2D eigenvalue weighted by Gasteiger charge is 2.62. The Kier molecular flexibility index (Phi) is 4.42. The molecule has 0 N–H and O–H groups in total. The zero-order valence-electron chi connectivity index (χ0n) is 13.4. The van der Waals surface area contributed by atoms with Gasteiger partial charge in [-0.05, 0) is 24.8 Å². The number of rotatable bonds is 1. The number of allylic oxidation sites excluding steroid dienone is 2. The fourth-order valence-corrected chi connectivity index (χ4v) is 4.69. The number of carbonyl (C=O) groups excluding carboxylic acids is 2. The molecule has 22 heavy (non-hydrogen) atoms. The Morgan fingerprint density at radius 3 is 2.55 bits per heavy atom. The third-order valence-electron chi connectivity index (χ3n) is 5.23. The summed E-state index contributed by atoms with van der Waals surface area (Å²) >= 11 is 10.3. The van der Waals surface area contributed by atoms with Crippen LogP contribution in [0.1, 0.15) is 40.5 Å². The molecule has 2 rings (SSSR count). The Hall–Kier alpha value is -0.610. The van der Waals surface area contributed by atoms with Gasteiger partial charge in [0.1, 0.15) is 6.10 Å². The summed E-state index contributed by atoms with van der Waals surface area (Å²) in [4.78, 5) is 23.3. The topological polar surface area (TPSA) is 43.4 Å². The van der Waals surface area contributed by atoms with Gasteiger partial charge in [0.2, 0.25) is 0 Å². The largest absolute Gasteiger partial charge is 0.462 e. The van der Waals surface area contributed by atoms with Crippen LogP contribution in [0.2, 0.25) is 0 Å². The molecule has 1 saturated carbocycles. The van der Waals surface area contributed by atoms with Crippen LogP contribution < -0.4 is 0 Å². The lowest BCUT2D eigenvalue weighted by atomic mass is 9.50. The first-order valence-corrected chi connectivity index (χ1v) is 8.66. The van der Waals surface area contributed by atoms with E-state index in [0.29, 0.717) is 18.4 Å². The van der Waals surface area contributed by atoms with Crippen molar-refractivity contribution in [3.05, 3.63) is 24.3 Å². The van der Waals surface area contributed by atoms with Crippen molar-refractivity contribution in [2.75, 3.05) is 0 Å². The predicted molar refractivity (Wildman–Crippen MR) is 91.3 cm³/mol. The zero-order chi connectivity index (χ0) is 16.9. The lowest BCUT2D eigenvalue weighted by Gasteiger charge is -2.57. The van der Waals surface area contributed by atoms with Gasteiger partial charge in [0.15, 0.2) is 5.78 Å². The van der Waals surface area contributed by atoms with Crippen molar-refractivity contribution in [1.82, 2.24) is 0 Å². The molecule has 2 aliphatic rings. The van der Waals surface area contributed by atoms with E-state index < -0.39 is 16.4 Å². The molecule has 0 aromatic rings. The maximum atomic E-state index is 12.3. The SMILES string of the molecule is C=C1C(=O)C=CC(C)(C)C12C[C@H](Br)[C@](C)(Cl)C[C@H]2OC(C)=O. The standard InChI is InChI=1S/C17H22BrClO3/c1-10-12(21)6-7-15(3,4)17(10)8-13(18)16(5,19)9-14(17)22-11(2)20/h6-7,13-14H,1,8-9H2,2-5H3/t13-,14+,16+,17?/m0/s1. The third kappa shape index (κ3) is 2.58. The molecule has 0 bridgehead atoms. The fraction of sp³-hybridized carbons (Fsp3) is 0.647. The maximum absolute atomic E-state index is 12.3. The number of carbonyl (C=O) groups is 2. The highest BCUT2D eigenvalue weighted by atomic mass is 79.9. The molecular weight excluding hydrogens is 368 g/mol. The minimum absolute atomic E-state index is 0.0104. The Bertz CT molecular complexity index is 564. The third-order valence-corrected chi connectivity index (χ3v) is 7.25. The van der Waals surface area contributed by atoms with Gasteiger partial charge in [-0.3, -0.25) is 9.59 Å². The van der Waals surface area contributed by atoms with E-state index in [0.717, 1.165) is 0 Å². The van der Waals surface area contributed by atoms with Crippen LogP contribution in [0.5, 0.6) is 0 Å². The molecule has 4 atom stereocenters. The smallest absolute Gasteiger partial charge is 0.302 e. The van der Waals surface area contributed by atoms with Crippen molar-refractivity contribution in [3.63, 3.8) is 0 Å². The van der Waals surface area contributed by atoms with E-state index in [9.17, 15) is 9.59 Å². The van der Waals surface area contributed by atoms with Crippen molar-refractivity contribution in [2.45, 2.75) is 56.3 Å². The molecule has 2 aliphatic carbocycles. The summed E-state index contributed by atoms with van der Waals surface area (Å²) in [6.07, 6.45) is 4.05. The highest BCUT2D eigenvalue weighted by molar-refractivity contribution is 9.09. The van der Waals surface area contributed by atoms with Crippen molar-refractivity contribution in [1.29, 1.82) is 0 Å². The molecule has 1 spiro atoms. The van der Waals surface area contributed by atoms with Gasteiger partial charge in [-0.2, -0.15) is 0 Å². The Balaban J connectivity index is 2.60. The molecule has 0 aromatic carbocycles. The predicted octanol–water partition coefficient (Wildman–Crippen LogP) is 4.18. The lowest BCUT2D eigenvalue weighted by Crippen LogP contribution is -2.60. The van der Waals surface area contributed by atoms with Crippen molar-refractivity contribution < 1.29 is 14.3 Å². The van der Waals surface area contributed by atoms with E-state index in [1.54, 1.807) is 6.08 Å². The van der Waals surface area contributed by atoms with E-state index in [1.165, 1.54) is 6.92 Å². The van der Waals surface area contributed by atoms with E-state index in [1.807, 2.05) is 26.8 Å². The van der Waals surface area contributed by atoms with Gasteiger partial charge in [-0.15, -0.1) is 11.6 Å². The minimum atomic E-state index is -0.646. The Morgan fingerprint density at radius 1 is 1.41 bits per heavy atom. The summed E-state index contributed by atoms with van der Waals surface area (Å²) in [6.45, 7) is 11.5. The number of ether oxygens (including phenoxy) is 1. The van der Waals surface area contributed by atoms with Gasteiger partial charge < -0.3 is 4.74 Å². The van der Waals surface area contributed by atoms with Crippen molar-refractivity contribution in [2.24, 2.45) is 10.8 Å². The van der Waals surface area contributed by atoms with Crippen LogP contribution in [-0.2, 0) is 14.3 Å². The van der Waals surface area contributed by atoms with E-state index in [-0.39, 0.29) is 22.0 Å². The van der Waals surface area contributed by atoms with E-state index in [4.69, 9.17) is 16.3 Å².